The van der Waals surface area contributed by atoms with Gasteiger partial charge in [0.05, 0.1) is 12.2 Å². The van der Waals surface area contributed by atoms with Crippen LogP contribution >= 0.6 is 0 Å². The molecule has 0 bridgehead atoms. The third-order valence-electron chi connectivity index (χ3n) is 1.23. The van der Waals surface area contributed by atoms with Gasteiger partial charge in [0.2, 0.25) is 0 Å². The van der Waals surface area contributed by atoms with E-state index in [2.05, 4.69) is 51.9 Å². The highest BCUT2D eigenvalue weighted by molar-refractivity contribution is 6.83. The molecule has 0 saturated carbocycles. The largest absolute Gasteiger partial charge is 0.375 e. The summed E-state index contributed by atoms with van der Waals surface area (Å²) in [6.45, 7) is 13.7. The third kappa shape index (κ3) is 11.7. The Morgan fingerprint density at radius 3 is 2.08 bits per heavy atom. The molecule has 0 aliphatic carbocycles. The minimum atomic E-state index is -1.17. The molecule has 0 aromatic rings. The van der Waals surface area contributed by atoms with Gasteiger partial charge in [0.15, 0.2) is 0 Å². The van der Waals surface area contributed by atoms with Crippen molar-refractivity contribution >= 4 is 8.07 Å². The van der Waals surface area contributed by atoms with Crippen molar-refractivity contribution in [2.75, 3.05) is 6.61 Å². The SMILES string of the molecule is CC(C)(C)OCCC#C[Si](C)(C)C. The molecular formula is C11H22OSi. The van der Waals surface area contributed by atoms with E-state index in [1.165, 1.54) is 0 Å². The first-order chi connectivity index (χ1) is 5.71. The van der Waals surface area contributed by atoms with Crippen LogP contribution in [-0.4, -0.2) is 20.3 Å². The Kier molecular flexibility index (Phi) is 4.73. The molecule has 0 heterocycles. The smallest absolute Gasteiger partial charge is 0.129 e. The first-order valence-electron chi connectivity index (χ1n) is 4.85. The van der Waals surface area contributed by atoms with E-state index in [-0.39, 0.29) is 5.60 Å². The monoisotopic (exact) mass is 198 g/mol. The molecule has 0 aliphatic rings. The first-order valence-corrected chi connectivity index (χ1v) is 8.35. The van der Waals surface area contributed by atoms with Crippen molar-refractivity contribution in [2.45, 2.75) is 52.4 Å². The van der Waals surface area contributed by atoms with Crippen LogP contribution in [0.5, 0.6) is 0 Å². The average Bonchev–Trinajstić information content (AvgIpc) is 1.81. The molecule has 0 unspecified atom stereocenters. The zero-order valence-electron chi connectivity index (χ0n) is 9.82. The maximum atomic E-state index is 5.56. The van der Waals surface area contributed by atoms with Crippen LogP contribution in [0.3, 0.4) is 0 Å². The molecule has 0 N–H and O–H groups in total. The molecule has 2 heteroatoms. The van der Waals surface area contributed by atoms with E-state index in [1.807, 2.05) is 0 Å². The molecule has 0 atom stereocenters. The Hall–Kier alpha value is -0.263. The summed E-state index contributed by atoms with van der Waals surface area (Å²) in [5.41, 5.74) is 3.29. The van der Waals surface area contributed by atoms with Gasteiger partial charge < -0.3 is 4.74 Å². The Labute approximate surface area is 83.9 Å². The summed E-state index contributed by atoms with van der Waals surface area (Å²) in [4.78, 5) is 0. The number of rotatable bonds is 2. The van der Waals surface area contributed by atoms with Crippen LogP contribution in [0.1, 0.15) is 27.2 Å². The summed E-state index contributed by atoms with van der Waals surface area (Å²) >= 11 is 0. The van der Waals surface area contributed by atoms with Gasteiger partial charge in [0.1, 0.15) is 8.07 Å². The van der Waals surface area contributed by atoms with E-state index in [0.717, 1.165) is 13.0 Å². The standard InChI is InChI=1S/C11H22OSi/c1-11(2,3)12-9-7-8-10-13(4,5)6/h7,9H2,1-6H3. The summed E-state index contributed by atoms with van der Waals surface area (Å²) in [6.07, 6.45) is 0.863. The minimum absolute atomic E-state index is 0.0269. The van der Waals surface area contributed by atoms with E-state index < -0.39 is 8.07 Å². The summed E-state index contributed by atoms with van der Waals surface area (Å²) in [5.74, 6) is 3.18. The summed E-state index contributed by atoms with van der Waals surface area (Å²) in [7, 11) is -1.17. The van der Waals surface area contributed by atoms with Gasteiger partial charge in [-0.25, -0.2) is 0 Å². The molecule has 76 valence electrons. The Morgan fingerprint density at radius 2 is 1.69 bits per heavy atom. The molecule has 0 aliphatic heterocycles. The molecule has 0 radical (unpaired) electrons. The van der Waals surface area contributed by atoms with E-state index in [4.69, 9.17) is 4.74 Å². The Bertz CT molecular complexity index is 197. The molecule has 1 nitrogen and oxygen atoms in total. The van der Waals surface area contributed by atoms with Crippen LogP contribution in [-0.2, 0) is 4.74 Å². The van der Waals surface area contributed by atoms with Crippen molar-refractivity contribution < 1.29 is 4.74 Å². The van der Waals surface area contributed by atoms with Gasteiger partial charge in [0, 0.05) is 6.42 Å². The van der Waals surface area contributed by atoms with E-state index in [9.17, 15) is 0 Å². The van der Waals surface area contributed by atoms with Crippen molar-refractivity contribution in [1.82, 2.24) is 0 Å². The quantitative estimate of drug-likeness (QED) is 0.376. The molecule has 0 amide bonds. The van der Waals surface area contributed by atoms with Gasteiger partial charge in [0.25, 0.3) is 0 Å². The van der Waals surface area contributed by atoms with Gasteiger partial charge in [-0.15, -0.1) is 11.5 Å². The number of ether oxygens (including phenoxy) is 1. The lowest BCUT2D eigenvalue weighted by molar-refractivity contribution is 0.000606. The zero-order valence-corrected chi connectivity index (χ0v) is 10.8. The van der Waals surface area contributed by atoms with Gasteiger partial charge in [-0.2, -0.15) is 0 Å². The predicted molar refractivity (Wildman–Crippen MR) is 61.4 cm³/mol. The molecule has 0 spiro atoms. The van der Waals surface area contributed by atoms with Gasteiger partial charge >= 0.3 is 0 Å². The highest BCUT2D eigenvalue weighted by atomic mass is 28.3. The number of hydrogen-bond donors (Lipinski definition) is 0. The topological polar surface area (TPSA) is 9.23 Å². The summed E-state index contributed by atoms with van der Waals surface area (Å²) in [5, 5.41) is 0. The van der Waals surface area contributed by atoms with Crippen LogP contribution in [0.2, 0.25) is 19.6 Å². The maximum Gasteiger partial charge on any atom is 0.129 e. The second-order valence-electron chi connectivity index (χ2n) is 5.26. The normalized spacial score (nSPS) is 12.2. The minimum Gasteiger partial charge on any atom is -0.375 e. The summed E-state index contributed by atoms with van der Waals surface area (Å²) in [6, 6.07) is 0. The lowest BCUT2D eigenvalue weighted by Crippen LogP contribution is -2.20. The van der Waals surface area contributed by atoms with Gasteiger partial charge in [-0.3, -0.25) is 0 Å². The highest BCUT2D eigenvalue weighted by Crippen LogP contribution is 2.06. The fourth-order valence-electron chi connectivity index (χ4n) is 0.736. The Balaban J connectivity index is 3.62. The van der Waals surface area contributed by atoms with E-state index >= 15 is 0 Å². The lowest BCUT2D eigenvalue weighted by atomic mass is 10.2. The van der Waals surface area contributed by atoms with Crippen molar-refractivity contribution in [2.24, 2.45) is 0 Å². The van der Waals surface area contributed by atoms with E-state index in [0.29, 0.717) is 0 Å². The second kappa shape index (κ2) is 4.83. The molecular weight excluding hydrogens is 176 g/mol. The van der Waals surface area contributed by atoms with Crippen LogP contribution in [0, 0.1) is 11.5 Å². The van der Waals surface area contributed by atoms with Crippen LogP contribution in [0.15, 0.2) is 0 Å². The van der Waals surface area contributed by atoms with Crippen LogP contribution in [0.4, 0.5) is 0 Å². The predicted octanol–water partition coefficient (Wildman–Crippen LogP) is 3.07. The first kappa shape index (κ1) is 12.7. The van der Waals surface area contributed by atoms with Gasteiger partial charge in [-0.05, 0) is 20.8 Å². The molecule has 13 heavy (non-hydrogen) atoms. The Morgan fingerprint density at radius 1 is 1.15 bits per heavy atom. The fraction of sp³-hybridized carbons (Fsp3) is 0.818. The van der Waals surface area contributed by atoms with Crippen molar-refractivity contribution in [3.8, 4) is 11.5 Å². The van der Waals surface area contributed by atoms with Crippen molar-refractivity contribution in [3.05, 3.63) is 0 Å². The van der Waals surface area contributed by atoms with Crippen LogP contribution < -0.4 is 0 Å². The third-order valence-corrected chi connectivity index (χ3v) is 2.15. The molecule has 0 aromatic carbocycles. The van der Waals surface area contributed by atoms with Crippen molar-refractivity contribution in [1.29, 1.82) is 0 Å². The fourth-order valence-corrected chi connectivity index (χ4v) is 1.39. The molecule has 0 fully saturated rings. The lowest BCUT2D eigenvalue weighted by Gasteiger charge is -2.18. The molecule has 0 saturated heterocycles. The van der Waals surface area contributed by atoms with E-state index in [1.54, 1.807) is 0 Å². The summed E-state index contributed by atoms with van der Waals surface area (Å²) < 4.78 is 5.56. The molecule has 0 aromatic heterocycles. The maximum absolute atomic E-state index is 5.56. The zero-order chi connectivity index (χ0) is 10.5. The highest BCUT2D eigenvalue weighted by Gasteiger charge is 2.09. The van der Waals surface area contributed by atoms with Crippen molar-refractivity contribution in [3.63, 3.8) is 0 Å². The van der Waals surface area contributed by atoms with Gasteiger partial charge in [-0.1, -0.05) is 19.6 Å². The molecule has 0 rings (SSSR count). The van der Waals surface area contributed by atoms with Crippen LogP contribution in [0.25, 0.3) is 0 Å². The average molecular weight is 198 g/mol. The second-order valence-corrected chi connectivity index (χ2v) is 10.0. The number of hydrogen-bond acceptors (Lipinski definition) is 1.